The molecule has 0 N–H and O–H groups in total. The minimum atomic E-state index is 0.0281. The molecule has 0 aliphatic rings. The van der Waals surface area contributed by atoms with Gasteiger partial charge in [-0.1, -0.05) is 48.2 Å². The lowest BCUT2D eigenvalue weighted by molar-refractivity contribution is -0.125. The number of carbonyl (C=O) groups is 1. The number of ether oxygens (including phenoxy) is 1. The van der Waals surface area contributed by atoms with E-state index in [1.54, 1.807) is 19.0 Å². The molecule has 3 rings (SSSR count). The average molecular weight is 382 g/mol. The monoisotopic (exact) mass is 382 g/mol. The highest BCUT2D eigenvalue weighted by Gasteiger charge is 2.17. The van der Waals surface area contributed by atoms with E-state index in [0.717, 1.165) is 17.0 Å². The third kappa shape index (κ3) is 4.68. The van der Waals surface area contributed by atoms with Crippen LogP contribution in [0.1, 0.15) is 11.4 Å². The smallest absolute Gasteiger partial charge is 0.232 e. The van der Waals surface area contributed by atoms with E-state index >= 15 is 0 Å². The molecule has 0 fully saturated rings. The van der Waals surface area contributed by atoms with Crippen molar-refractivity contribution in [1.82, 2.24) is 19.7 Å². The number of carbonyl (C=O) groups excluding carboxylic acids is 1. The number of hydrogen-bond acceptors (Lipinski definition) is 5. The summed E-state index contributed by atoms with van der Waals surface area (Å²) in [5.74, 6) is 1.83. The highest BCUT2D eigenvalue weighted by Crippen LogP contribution is 2.24. The molecule has 0 unspecified atom stereocenters. The first-order chi connectivity index (χ1) is 13.1. The van der Waals surface area contributed by atoms with Gasteiger partial charge in [0.25, 0.3) is 0 Å². The predicted molar refractivity (Wildman–Crippen MR) is 106 cm³/mol. The maximum Gasteiger partial charge on any atom is 0.232 e. The van der Waals surface area contributed by atoms with Gasteiger partial charge in [0.2, 0.25) is 5.91 Å². The van der Waals surface area contributed by atoms with E-state index in [9.17, 15) is 4.79 Å². The number of benzene rings is 2. The minimum Gasteiger partial charge on any atom is -0.485 e. The molecule has 3 aromatic rings. The van der Waals surface area contributed by atoms with Crippen LogP contribution in [0.5, 0.6) is 5.75 Å². The molecule has 1 amide bonds. The first-order valence-corrected chi connectivity index (χ1v) is 9.56. The fourth-order valence-corrected chi connectivity index (χ4v) is 3.39. The SMILES string of the molecule is Cc1ccccc1OCc1nnc(SCC(=O)N(C)C)n1-c1ccccc1. The van der Waals surface area contributed by atoms with Gasteiger partial charge < -0.3 is 9.64 Å². The number of nitrogens with zero attached hydrogens (tertiary/aromatic N) is 4. The second-order valence-electron chi connectivity index (χ2n) is 6.20. The molecule has 27 heavy (non-hydrogen) atoms. The normalized spacial score (nSPS) is 10.6. The topological polar surface area (TPSA) is 60.3 Å². The number of amides is 1. The van der Waals surface area contributed by atoms with E-state index in [0.29, 0.717) is 16.7 Å². The van der Waals surface area contributed by atoms with Gasteiger partial charge in [-0.25, -0.2) is 0 Å². The summed E-state index contributed by atoms with van der Waals surface area (Å²) in [5.41, 5.74) is 2.00. The fourth-order valence-electron chi connectivity index (χ4n) is 2.44. The van der Waals surface area contributed by atoms with Crippen LogP contribution in [0.4, 0.5) is 0 Å². The predicted octanol–water partition coefficient (Wildman–Crippen LogP) is 3.34. The number of rotatable bonds is 7. The summed E-state index contributed by atoms with van der Waals surface area (Å²) in [4.78, 5) is 13.5. The lowest BCUT2D eigenvalue weighted by Gasteiger charge is -2.13. The van der Waals surface area contributed by atoms with Gasteiger partial charge >= 0.3 is 0 Å². The van der Waals surface area contributed by atoms with Crippen molar-refractivity contribution in [1.29, 1.82) is 0 Å². The highest BCUT2D eigenvalue weighted by atomic mass is 32.2. The van der Waals surface area contributed by atoms with Gasteiger partial charge in [-0.3, -0.25) is 9.36 Å². The molecule has 0 spiro atoms. The first kappa shape index (κ1) is 19.0. The summed E-state index contributed by atoms with van der Waals surface area (Å²) in [5, 5.41) is 9.25. The molecule has 0 saturated carbocycles. The van der Waals surface area contributed by atoms with E-state index in [2.05, 4.69) is 10.2 Å². The molecule has 0 atom stereocenters. The molecule has 7 heteroatoms. The van der Waals surface area contributed by atoms with Crippen molar-refractivity contribution in [2.45, 2.75) is 18.7 Å². The van der Waals surface area contributed by atoms with Gasteiger partial charge in [0.05, 0.1) is 5.75 Å². The van der Waals surface area contributed by atoms with Crippen LogP contribution < -0.4 is 4.74 Å². The third-order valence-corrected chi connectivity index (χ3v) is 4.90. The maximum atomic E-state index is 11.9. The molecule has 1 aromatic heterocycles. The Morgan fingerprint density at radius 1 is 1.07 bits per heavy atom. The van der Waals surface area contributed by atoms with Crippen LogP contribution in [0.25, 0.3) is 5.69 Å². The van der Waals surface area contributed by atoms with E-state index in [1.807, 2.05) is 66.1 Å². The van der Waals surface area contributed by atoms with Crippen molar-refractivity contribution < 1.29 is 9.53 Å². The molecule has 0 aliphatic carbocycles. The Balaban J connectivity index is 1.85. The van der Waals surface area contributed by atoms with E-state index in [1.165, 1.54) is 11.8 Å². The Morgan fingerprint density at radius 3 is 2.48 bits per heavy atom. The van der Waals surface area contributed by atoms with Crippen LogP contribution in [0.2, 0.25) is 0 Å². The Labute approximate surface area is 163 Å². The lowest BCUT2D eigenvalue weighted by atomic mass is 10.2. The second-order valence-corrected chi connectivity index (χ2v) is 7.14. The van der Waals surface area contributed by atoms with E-state index < -0.39 is 0 Å². The molecule has 1 heterocycles. The minimum absolute atomic E-state index is 0.0281. The standard InChI is InChI=1S/C20H22N4O2S/c1-15-9-7-8-12-17(15)26-13-18-21-22-20(27-14-19(25)23(2)3)24(18)16-10-5-4-6-11-16/h4-12H,13-14H2,1-3H3. The zero-order valence-corrected chi connectivity index (χ0v) is 16.4. The van der Waals surface area contributed by atoms with Crippen molar-refractivity contribution in [3.63, 3.8) is 0 Å². The van der Waals surface area contributed by atoms with Crippen molar-refractivity contribution in [3.8, 4) is 11.4 Å². The van der Waals surface area contributed by atoms with Crippen molar-refractivity contribution in [2.24, 2.45) is 0 Å². The fraction of sp³-hybridized carbons (Fsp3) is 0.250. The Kier molecular flexibility index (Phi) is 6.13. The van der Waals surface area contributed by atoms with E-state index in [-0.39, 0.29) is 12.5 Å². The molecule has 0 bridgehead atoms. The van der Waals surface area contributed by atoms with Crippen LogP contribution in [0.15, 0.2) is 59.8 Å². The summed E-state index contributed by atoms with van der Waals surface area (Å²) >= 11 is 1.37. The highest BCUT2D eigenvalue weighted by molar-refractivity contribution is 7.99. The number of hydrogen-bond donors (Lipinski definition) is 0. The largest absolute Gasteiger partial charge is 0.485 e. The summed E-state index contributed by atoms with van der Waals surface area (Å²) in [6.07, 6.45) is 0. The first-order valence-electron chi connectivity index (χ1n) is 8.57. The average Bonchev–Trinajstić information content (AvgIpc) is 3.09. The van der Waals surface area contributed by atoms with Gasteiger partial charge in [-0.15, -0.1) is 10.2 Å². The van der Waals surface area contributed by atoms with Crippen LogP contribution in [-0.2, 0) is 11.4 Å². The molecule has 140 valence electrons. The number of thioether (sulfide) groups is 1. The van der Waals surface area contributed by atoms with Crippen LogP contribution in [0.3, 0.4) is 0 Å². The van der Waals surface area contributed by atoms with Crippen LogP contribution >= 0.6 is 11.8 Å². The van der Waals surface area contributed by atoms with Gasteiger partial charge in [0, 0.05) is 19.8 Å². The van der Waals surface area contributed by atoms with Crippen molar-refractivity contribution in [2.75, 3.05) is 19.8 Å². The Bertz CT molecular complexity index is 909. The summed E-state index contributed by atoms with van der Waals surface area (Å²) in [6, 6.07) is 17.7. The number of para-hydroxylation sites is 2. The zero-order valence-electron chi connectivity index (χ0n) is 15.6. The Hall–Kier alpha value is -2.80. The van der Waals surface area contributed by atoms with Crippen LogP contribution in [-0.4, -0.2) is 45.4 Å². The third-order valence-electron chi connectivity index (χ3n) is 3.99. The maximum absolute atomic E-state index is 11.9. The zero-order chi connectivity index (χ0) is 19.2. The van der Waals surface area contributed by atoms with Gasteiger partial charge in [-0.2, -0.15) is 0 Å². The Morgan fingerprint density at radius 2 is 1.78 bits per heavy atom. The number of aryl methyl sites for hydroxylation is 1. The second kappa shape index (κ2) is 8.73. The van der Waals surface area contributed by atoms with Crippen molar-refractivity contribution >= 4 is 17.7 Å². The summed E-state index contributed by atoms with van der Waals surface area (Å²) in [6.45, 7) is 2.29. The molecule has 0 radical (unpaired) electrons. The van der Waals surface area contributed by atoms with E-state index in [4.69, 9.17) is 4.74 Å². The van der Waals surface area contributed by atoms with Gasteiger partial charge in [0.1, 0.15) is 12.4 Å². The van der Waals surface area contributed by atoms with Crippen LogP contribution in [0, 0.1) is 6.92 Å². The van der Waals surface area contributed by atoms with Gasteiger partial charge in [-0.05, 0) is 30.7 Å². The summed E-state index contributed by atoms with van der Waals surface area (Å²) in [7, 11) is 3.48. The van der Waals surface area contributed by atoms with Gasteiger partial charge in [0.15, 0.2) is 11.0 Å². The molecular formula is C20H22N4O2S. The molecule has 2 aromatic carbocycles. The molecule has 0 aliphatic heterocycles. The number of aromatic nitrogens is 3. The quantitative estimate of drug-likeness (QED) is 0.587. The van der Waals surface area contributed by atoms with Crippen molar-refractivity contribution in [3.05, 3.63) is 66.0 Å². The molecular weight excluding hydrogens is 360 g/mol. The molecule has 6 nitrogen and oxygen atoms in total. The molecule has 0 saturated heterocycles. The lowest BCUT2D eigenvalue weighted by Crippen LogP contribution is -2.23. The summed E-state index contributed by atoms with van der Waals surface area (Å²) < 4.78 is 7.89.